The minimum atomic E-state index is -5.08. The highest BCUT2D eigenvalue weighted by atomic mass is 19.4. The standard InChI is InChI=1S/C15H16F3N3O3/c1-21-8-7-19-13(21)14(23,15(16,17)18)9-12(22)20-10-5-3-4-6-11(10)24-2/h3-8,23H,9H2,1-2H3,(H,20,22). The molecule has 24 heavy (non-hydrogen) atoms. The molecule has 0 fully saturated rings. The zero-order chi connectivity index (χ0) is 18.0. The van der Waals surface area contributed by atoms with E-state index in [4.69, 9.17) is 4.74 Å². The van der Waals surface area contributed by atoms with E-state index in [1.807, 2.05) is 0 Å². The number of imidazole rings is 1. The van der Waals surface area contributed by atoms with Crippen LogP contribution in [0.5, 0.6) is 5.75 Å². The molecule has 2 N–H and O–H groups in total. The van der Waals surface area contributed by atoms with Crippen LogP contribution >= 0.6 is 0 Å². The number of carbonyl (C=O) groups excluding carboxylic acids is 1. The summed E-state index contributed by atoms with van der Waals surface area (Å²) in [4.78, 5) is 15.6. The van der Waals surface area contributed by atoms with Gasteiger partial charge in [0.25, 0.3) is 0 Å². The van der Waals surface area contributed by atoms with Crippen LogP contribution < -0.4 is 10.1 Å². The van der Waals surface area contributed by atoms with Crippen molar-refractivity contribution in [3.63, 3.8) is 0 Å². The van der Waals surface area contributed by atoms with E-state index < -0.39 is 29.9 Å². The van der Waals surface area contributed by atoms with Gasteiger partial charge in [-0.3, -0.25) is 4.79 Å². The van der Waals surface area contributed by atoms with Crippen LogP contribution in [0.4, 0.5) is 18.9 Å². The monoisotopic (exact) mass is 343 g/mol. The number of carbonyl (C=O) groups is 1. The topological polar surface area (TPSA) is 76.4 Å². The minimum absolute atomic E-state index is 0.203. The summed E-state index contributed by atoms with van der Waals surface area (Å²) in [5, 5.41) is 12.5. The fourth-order valence-corrected chi connectivity index (χ4v) is 2.24. The van der Waals surface area contributed by atoms with Gasteiger partial charge in [0.15, 0.2) is 5.82 Å². The average molecular weight is 343 g/mol. The maximum atomic E-state index is 13.4. The zero-order valence-corrected chi connectivity index (χ0v) is 13.0. The van der Waals surface area contributed by atoms with E-state index >= 15 is 0 Å². The molecule has 9 heteroatoms. The molecule has 1 heterocycles. The first-order valence-corrected chi connectivity index (χ1v) is 6.89. The number of nitrogens with one attached hydrogen (secondary N) is 1. The number of hydrogen-bond acceptors (Lipinski definition) is 4. The van der Waals surface area contributed by atoms with Crippen molar-refractivity contribution in [2.45, 2.75) is 18.2 Å². The second kappa shape index (κ2) is 6.52. The molecule has 1 unspecified atom stereocenters. The van der Waals surface area contributed by atoms with Gasteiger partial charge in [-0.15, -0.1) is 0 Å². The molecule has 0 saturated carbocycles. The Morgan fingerprint density at radius 1 is 1.38 bits per heavy atom. The van der Waals surface area contributed by atoms with Crippen LogP contribution in [-0.2, 0) is 17.4 Å². The van der Waals surface area contributed by atoms with E-state index in [0.717, 1.165) is 10.8 Å². The fourth-order valence-electron chi connectivity index (χ4n) is 2.24. The largest absolute Gasteiger partial charge is 0.495 e. The summed E-state index contributed by atoms with van der Waals surface area (Å²) in [6.45, 7) is 0. The van der Waals surface area contributed by atoms with Gasteiger partial charge in [-0.1, -0.05) is 12.1 Å². The lowest BCUT2D eigenvalue weighted by atomic mass is 9.97. The number of aliphatic hydroxyl groups is 1. The van der Waals surface area contributed by atoms with Gasteiger partial charge >= 0.3 is 6.18 Å². The summed E-state index contributed by atoms with van der Waals surface area (Å²) < 4.78 is 46.2. The summed E-state index contributed by atoms with van der Waals surface area (Å²) in [5.41, 5.74) is -3.20. The first kappa shape index (κ1) is 17.8. The first-order valence-electron chi connectivity index (χ1n) is 6.89. The number of hydrogen-bond donors (Lipinski definition) is 2. The van der Waals surface area contributed by atoms with E-state index in [9.17, 15) is 23.1 Å². The maximum Gasteiger partial charge on any atom is 0.425 e. The van der Waals surface area contributed by atoms with Crippen molar-refractivity contribution in [2.75, 3.05) is 12.4 Å². The van der Waals surface area contributed by atoms with Crippen LogP contribution in [0.1, 0.15) is 12.2 Å². The quantitative estimate of drug-likeness (QED) is 0.873. The van der Waals surface area contributed by atoms with Crippen LogP contribution in [0.3, 0.4) is 0 Å². The second-order valence-electron chi connectivity index (χ2n) is 5.15. The Bertz CT molecular complexity index is 730. The molecule has 1 amide bonds. The van der Waals surface area contributed by atoms with Gasteiger partial charge in [-0.25, -0.2) is 4.98 Å². The van der Waals surface area contributed by atoms with Crippen LogP contribution in [0, 0.1) is 0 Å². The second-order valence-corrected chi connectivity index (χ2v) is 5.15. The Kier molecular flexibility index (Phi) is 4.83. The van der Waals surface area contributed by atoms with Crippen molar-refractivity contribution in [2.24, 2.45) is 7.05 Å². The number of benzene rings is 1. The predicted octanol–water partition coefficient (Wildman–Crippen LogP) is 2.21. The molecule has 0 aliphatic carbocycles. The Labute approximate surface area is 135 Å². The van der Waals surface area contributed by atoms with E-state index in [0.29, 0.717) is 5.75 Å². The van der Waals surface area contributed by atoms with Gasteiger partial charge in [0.2, 0.25) is 11.5 Å². The highest BCUT2D eigenvalue weighted by molar-refractivity contribution is 5.93. The number of methoxy groups -OCH3 is 1. The molecule has 6 nitrogen and oxygen atoms in total. The predicted molar refractivity (Wildman–Crippen MR) is 79.4 cm³/mol. The molecule has 1 atom stereocenters. The number of amides is 1. The van der Waals surface area contributed by atoms with Gasteiger partial charge < -0.3 is 19.7 Å². The molecule has 130 valence electrons. The van der Waals surface area contributed by atoms with Gasteiger partial charge in [-0.05, 0) is 12.1 Å². The smallest absolute Gasteiger partial charge is 0.425 e. The lowest BCUT2D eigenvalue weighted by Gasteiger charge is -2.29. The number of rotatable bonds is 5. The van der Waals surface area contributed by atoms with Crippen LogP contribution in [-0.4, -0.2) is 33.9 Å². The van der Waals surface area contributed by atoms with Gasteiger partial charge in [0.1, 0.15) is 5.75 Å². The van der Waals surface area contributed by atoms with Crippen LogP contribution in [0.25, 0.3) is 0 Å². The van der Waals surface area contributed by atoms with E-state index in [-0.39, 0.29) is 5.69 Å². The molecule has 0 radical (unpaired) electrons. The van der Waals surface area contributed by atoms with Gasteiger partial charge in [0, 0.05) is 19.4 Å². The molecule has 0 spiro atoms. The molecule has 2 aromatic rings. The van der Waals surface area contributed by atoms with Crippen molar-refractivity contribution >= 4 is 11.6 Å². The van der Waals surface area contributed by atoms with Crippen molar-refractivity contribution in [1.29, 1.82) is 0 Å². The molecule has 2 rings (SSSR count). The van der Waals surface area contributed by atoms with E-state index in [1.165, 1.54) is 26.4 Å². The number of para-hydroxylation sites is 2. The molecule has 1 aromatic carbocycles. The first-order chi connectivity index (χ1) is 11.2. The number of aryl methyl sites for hydroxylation is 1. The Morgan fingerprint density at radius 2 is 2.04 bits per heavy atom. The number of halogens is 3. The summed E-state index contributed by atoms with van der Waals surface area (Å²) >= 11 is 0. The zero-order valence-electron chi connectivity index (χ0n) is 13.0. The molecule has 0 bridgehead atoms. The number of aromatic nitrogens is 2. The summed E-state index contributed by atoms with van der Waals surface area (Å²) in [5.74, 6) is -1.40. The molecular weight excluding hydrogens is 327 g/mol. The van der Waals surface area contributed by atoms with E-state index in [1.54, 1.807) is 18.2 Å². The third-order valence-corrected chi connectivity index (χ3v) is 3.46. The Balaban J connectivity index is 2.28. The minimum Gasteiger partial charge on any atom is -0.495 e. The number of alkyl halides is 3. The molecule has 0 aliphatic heterocycles. The highest BCUT2D eigenvalue weighted by Gasteiger charge is 2.58. The van der Waals surface area contributed by atoms with Crippen molar-refractivity contribution < 1.29 is 27.8 Å². The SMILES string of the molecule is COc1ccccc1NC(=O)CC(O)(c1nccn1C)C(F)(F)F. The summed E-state index contributed by atoms with van der Waals surface area (Å²) in [6, 6.07) is 6.26. The number of nitrogens with zero attached hydrogens (tertiary/aromatic N) is 2. The summed E-state index contributed by atoms with van der Waals surface area (Å²) in [7, 11) is 2.67. The van der Waals surface area contributed by atoms with Crippen LogP contribution in [0.2, 0.25) is 0 Å². The lowest BCUT2D eigenvalue weighted by Crippen LogP contribution is -2.46. The third kappa shape index (κ3) is 3.35. The van der Waals surface area contributed by atoms with Crippen molar-refractivity contribution in [3.05, 3.63) is 42.5 Å². The molecule has 0 aliphatic rings. The molecule has 0 saturated heterocycles. The van der Waals surface area contributed by atoms with Gasteiger partial charge in [0.05, 0.1) is 19.2 Å². The van der Waals surface area contributed by atoms with Crippen molar-refractivity contribution in [3.8, 4) is 5.75 Å². The number of ether oxygens (including phenoxy) is 1. The normalized spacial score (nSPS) is 14.1. The maximum absolute atomic E-state index is 13.4. The Morgan fingerprint density at radius 3 is 2.58 bits per heavy atom. The third-order valence-electron chi connectivity index (χ3n) is 3.46. The summed E-state index contributed by atoms with van der Waals surface area (Å²) in [6.07, 6.45) is -3.95. The molecular formula is C15H16F3N3O3. The van der Waals surface area contributed by atoms with Crippen LogP contribution in [0.15, 0.2) is 36.7 Å². The van der Waals surface area contributed by atoms with Crippen molar-refractivity contribution in [1.82, 2.24) is 9.55 Å². The fraction of sp³-hybridized carbons (Fsp3) is 0.333. The van der Waals surface area contributed by atoms with E-state index in [2.05, 4.69) is 10.3 Å². The Hall–Kier alpha value is -2.55. The number of anilines is 1. The van der Waals surface area contributed by atoms with Gasteiger partial charge in [-0.2, -0.15) is 13.2 Å². The molecule has 1 aromatic heterocycles. The average Bonchev–Trinajstić information content (AvgIpc) is 2.93. The lowest BCUT2D eigenvalue weighted by molar-refractivity contribution is -0.270. The highest BCUT2D eigenvalue weighted by Crippen LogP contribution is 2.41.